The molecule has 3 heteroatoms. The zero-order chi connectivity index (χ0) is 11.5. The zero-order valence-corrected chi connectivity index (χ0v) is 9.85. The molecule has 2 atom stereocenters. The Morgan fingerprint density at radius 2 is 1.87 bits per heavy atom. The smallest absolute Gasteiger partial charge is 0.312 e. The summed E-state index contributed by atoms with van der Waals surface area (Å²) in [6.07, 6.45) is 1.96. The largest absolute Gasteiger partial charge is 0.469 e. The molecule has 84 valence electrons. The Morgan fingerprint density at radius 3 is 2.20 bits per heavy atom. The molecule has 2 aliphatic rings. The zero-order valence-electron chi connectivity index (χ0n) is 9.85. The van der Waals surface area contributed by atoms with E-state index < -0.39 is 5.41 Å². The van der Waals surface area contributed by atoms with E-state index in [1.54, 1.807) is 0 Å². The monoisotopic (exact) mass is 210 g/mol. The van der Waals surface area contributed by atoms with E-state index in [2.05, 4.69) is 0 Å². The van der Waals surface area contributed by atoms with Gasteiger partial charge < -0.3 is 4.74 Å². The quantitative estimate of drug-likeness (QED) is 0.621. The third-order valence-electron chi connectivity index (χ3n) is 5.28. The van der Waals surface area contributed by atoms with Crippen molar-refractivity contribution in [2.75, 3.05) is 7.11 Å². The molecular formula is C12H18O3. The van der Waals surface area contributed by atoms with Crippen LogP contribution in [-0.4, -0.2) is 18.9 Å². The second kappa shape index (κ2) is 2.63. The van der Waals surface area contributed by atoms with Crippen molar-refractivity contribution in [1.29, 1.82) is 0 Å². The normalized spacial score (nSPS) is 42.0. The maximum absolute atomic E-state index is 12.0. The van der Waals surface area contributed by atoms with E-state index in [4.69, 9.17) is 4.74 Å². The van der Waals surface area contributed by atoms with Crippen molar-refractivity contribution < 1.29 is 14.3 Å². The number of ketones is 1. The highest BCUT2D eigenvalue weighted by Crippen LogP contribution is 2.70. The number of fused-ring (bicyclic) bond motifs is 2. The predicted molar refractivity (Wildman–Crippen MR) is 55.2 cm³/mol. The second-order valence-electron chi connectivity index (χ2n) is 5.63. The van der Waals surface area contributed by atoms with Gasteiger partial charge >= 0.3 is 5.97 Å². The molecule has 0 heterocycles. The van der Waals surface area contributed by atoms with E-state index in [-0.39, 0.29) is 22.6 Å². The lowest BCUT2D eigenvalue weighted by Gasteiger charge is -2.37. The van der Waals surface area contributed by atoms with E-state index in [9.17, 15) is 9.59 Å². The number of carbonyl (C=O) groups excluding carboxylic acids is 2. The lowest BCUT2D eigenvalue weighted by Crippen LogP contribution is -2.41. The van der Waals surface area contributed by atoms with Crippen molar-refractivity contribution in [1.82, 2.24) is 0 Å². The van der Waals surface area contributed by atoms with Crippen LogP contribution in [0.15, 0.2) is 0 Å². The fourth-order valence-corrected chi connectivity index (χ4v) is 3.51. The number of carbonyl (C=O) groups is 2. The van der Waals surface area contributed by atoms with Crippen molar-refractivity contribution in [3.63, 3.8) is 0 Å². The Labute approximate surface area is 90.2 Å². The number of ether oxygens (including phenoxy) is 1. The van der Waals surface area contributed by atoms with Crippen LogP contribution < -0.4 is 0 Å². The Balaban J connectivity index is 2.54. The molecule has 0 aliphatic heterocycles. The van der Waals surface area contributed by atoms with Gasteiger partial charge in [0, 0.05) is 11.8 Å². The maximum atomic E-state index is 12.0. The SMILES string of the molecule is COC(=O)[C@@]12CC[C@](C)(C(=O)C1)C2(C)C. The Kier molecular flexibility index (Phi) is 1.87. The van der Waals surface area contributed by atoms with Crippen LogP contribution in [0.3, 0.4) is 0 Å². The fourth-order valence-electron chi connectivity index (χ4n) is 3.51. The van der Waals surface area contributed by atoms with E-state index in [1.807, 2.05) is 20.8 Å². The van der Waals surface area contributed by atoms with Gasteiger partial charge in [-0.3, -0.25) is 9.59 Å². The first-order valence-corrected chi connectivity index (χ1v) is 5.43. The standard InChI is InChI=1S/C12H18O3/c1-10(2)11(3)5-6-12(10,7-8(11)13)9(14)15-4/h5-7H2,1-4H3/t11-,12-/m1/s1. The van der Waals surface area contributed by atoms with Crippen molar-refractivity contribution >= 4 is 11.8 Å². The summed E-state index contributed by atoms with van der Waals surface area (Å²) in [6.45, 7) is 6.05. The van der Waals surface area contributed by atoms with Crippen LogP contribution in [0.4, 0.5) is 0 Å². The molecule has 2 saturated carbocycles. The summed E-state index contributed by atoms with van der Waals surface area (Å²) in [6, 6.07) is 0. The lowest BCUT2D eigenvalue weighted by atomic mass is 9.65. The van der Waals surface area contributed by atoms with Crippen LogP contribution in [0.5, 0.6) is 0 Å². The number of hydrogen-bond donors (Lipinski definition) is 0. The average Bonchev–Trinajstić information content (AvgIpc) is 2.47. The van der Waals surface area contributed by atoms with Gasteiger partial charge in [-0.25, -0.2) is 0 Å². The lowest BCUT2D eigenvalue weighted by molar-refractivity contribution is -0.158. The molecule has 0 aromatic heterocycles. The fraction of sp³-hybridized carbons (Fsp3) is 0.833. The molecule has 2 bridgehead atoms. The van der Waals surface area contributed by atoms with Crippen LogP contribution in [0.25, 0.3) is 0 Å². The molecule has 0 aromatic rings. The molecule has 0 saturated heterocycles. The highest BCUT2D eigenvalue weighted by atomic mass is 16.5. The summed E-state index contributed by atoms with van der Waals surface area (Å²) in [5, 5.41) is 0. The summed E-state index contributed by atoms with van der Waals surface area (Å²) in [5.41, 5.74) is -1.17. The third-order valence-corrected chi connectivity index (χ3v) is 5.28. The summed E-state index contributed by atoms with van der Waals surface area (Å²) in [4.78, 5) is 23.9. The van der Waals surface area contributed by atoms with Gasteiger partial charge in [-0.15, -0.1) is 0 Å². The molecule has 0 amide bonds. The molecule has 2 fully saturated rings. The first-order valence-electron chi connectivity index (χ1n) is 5.43. The summed E-state index contributed by atoms with van der Waals surface area (Å²) >= 11 is 0. The molecule has 15 heavy (non-hydrogen) atoms. The van der Waals surface area contributed by atoms with E-state index in [1.165, 1.54) is 7.11 Å². The van der Waals surface area contributed by atoms with Gasteiger partial charge in [0.25, 0.3) is 0 Å². The van der Waals surface area contributed by atoms with Gasteiger partial charge in [-0.1, -0.05) is 20.8 Å². The van der Waals surface area contributed by atoms with Crippen LogP contribution in [0.1, 0.15) is 40.0 Å². The molecule has 3 nitrogen and oxygen atoms in total. The van der Waals surface area contributed by atoms with Crippen molar-refractivity contribution in [2.45, 2.75) is 40.0 Å². The van der Waals surface area contributed by atoms with Crippen molar-refractivity contribution in [3.05, 3.63) is 0 Å². The minimum Gasteiger partial charge on any atom is -0.469 e. The number of rotatable bonds is 1. The summed E-state index contributed by atoms with van der Waals surface area (Å²) in [7, 11) is 1.41. The molecule has 2 rings (SSSR count). The Morgan fingerprint density at radius 1 is 1.27 bits per heavy atom. The molecular weight excluding hydrogens is 192 g/mol. The van der Waals surface area contributed by atoms with Crippen molar-refractivity contribution in [2.24, 2.45) is 16.2 Å². The number of Topliss-reactive ketones (excluding diaryl/α,β-unsaturated/α-hetero) is 1. The van der Waals surface area contributed by atoms with Crippen molar-refractivity contribution in [3.8, 4) is 0 Å². The first kappa shape index (κ1) is 10.7. The average molecular weight is 210 g/mol. The summed E-state index contributed by atoms with van der Waals surface area (Å²) < 4.78 is 4.89. The molecule has 2 aliphatic carbocycles. The predicted octanol–water partition coefficient (Wildman–Crippen LogP) is 1.94. The minimum absolute atomic E-state index is 0.206. The van der Waals surface area contributed by atoms with E-state index >= 15 is 0 Å². The molecule has 0 radical (unpaired) electrons. The van der Waals surface area contributed by atoms with Gasteiger partial charge in [0.05, 0.1) is 12.5 Å². The van der Waals surface area contributed by atoms with Crippen LogP contribution >= 0.6 is 0 Å². The van der Waals surface area contributed by atoms with Gasteiger partial charge in [-0.05, 0) is 18.3 Å². The molecule has 0 spiro atoms. The highest BCUT2D eigenvalue weighted by Gasteiger charge is 2.73. The van der Waals surface area contributed by atoms with Gasteiger partial charge in [-0.2, -0.15) is 0 Å². The summed E-state index contributed by atoms with van der Waals surface area (Å²) in [5.74, 6) is 0.0197. The van der Waals surface area contributed by atoms with Gasteiger partial charge in [0.15, 0.2) is 0 Å². The van der Waals surface area contributed by atoms with Gasteiger partial charge in [0.2, 0.25) is 0 Å². The van der Waals surface area contributed by atoms with Crippen LogP contribution in [0.2, 0.25) is 0 Å². The Hall–Kier alpha value is -0.860. The first-order chi connectivity index (χ1) is 6.82. The van der Waals surface area contributed by atoms with Crippen LogP contribution in [0, 0.1) is 16.2 Å². The topological polar surface area (TPSA) is 43.4 Å². The van der Waals surface area contributed by atoms with Crippen LogP contribution in [-0.2, 0) is 14.3 Å². The highest BCUT2D eigenvalue weighted by molar-refractivity contribution is 5.97. The number of hydrogen-bond acceptors (Lipinski definition) is 3. The molecule has 0 aromatic carbocycles. The van der Waals surface area contributed by atoms with E-state index in [0.29, 0.717) is 6.42 Å². The molecule has 0 N–H and O–H groups in total. The van der Waals surface area contributed by atoms with Gasteiger partial charge in [0.1, 0.15) is 5.78 Å². The van der Waals surface area contributed by atoms with E-state index in [0.717, 1.165) is 12.8 Å². The Bertz CT molecular complexity index is 345. The maximum Gasteiger partial charge on any atom is 0.312 e. The number of esters is 1. The second-order valence-corrected chi connectivity index (χ2v) is 5.63. The number of methoxy groups -OCH3 is 1. The minimum atomic E-state index is -0.562. The third kappa shape index (κ3) is 0.876. The molecule has 0 unspecified atom stereocenters.